The van der Waals surface area contributed by atoms with Crippen LogP contribution in [0.4, 0.5) is 11.4 Å². The first-order valence-electron chi connectivity index (χ1n) is 5.86. The lowest BCUT2D eigenvalue weighted by Crippen LogP contribution is -2.40. The van der Waals surface area contributed by atoms with Crippen LogP contribution < -0.4 is 10.6 Å². The summed E-state index contributed by atoms with van der Waals surface area (Å²) in [7, 11) is 0. The minimum absolute atomic E-state index is 0.201. The van der Waals surface area contributed by atoms with E-state index in [-0.39, 0.29) is 5.41 Å². The van der Waals surface area contributed by atoms with Gasteiger partial charge in [0.1, 0.15) is 0 Å². The zero-order valence-corrected chi connectivity index (χ0v) is 9.84. The molecule has 2 unspecified atom stereocenters. The van der Waals surface area contributed by atoms with E-state index >= 15 is 0 Å². The molecule has 0 radical (unpaired) electrons. The largest absolute Gasteiger partial charge is 0.383 e. The van der Waals surface area contributed by atoms with Crippen LogP contribution in [0.2, 0.25) is 0 Å². The van der Waals surface area contributed by atoms with Crippen LogP contribution in [-0.2, 0) is 4.74 Å². The maximum atomic E-state index is 5.59. The molecule has 0 aliphatic carbocycles. The van der Waals surface area contributed by atoms with E-state index in [4.69, 9.17) is 4.74 Å². The number of hydrogen-bond acceptors (Lipinski definition) is 3. The van der Waals surface area contributed by atoms with Gasteiger partial charge in [-0.05, 0) is 24.6 Å². The molecule has 0 amide bonds. The molecule has 2 N–H and O–H groups in total. The minimum atomic E-state index is 0.201. The van der Waals surface area contributed by atoms with Gasteiger partial charge >= 0.3 is 0 Å². The fraction of sp³-hybridized carbons (Fsp3) is 0.538. The Balaban J connectivity index is 1.97. The van der Waals surface area contributed by atoms with Crippen molar-refractivity contribution < 1.29 is 4.74 Å². The zero-order chi connectivity index (χ0) is 11.2. The van der Waals surface area contributed by atoms with Gasteiger partial charge in [0.25, 0.3) is 0 Å². The summed E-state index contributed by atoms with van der Waals surface area (Å²) in [5.41, 5.74) is 3.91. The van der Waals surface area contributed by atoms with Gasteiger partial charge in [0.15, 0.2) is 0 Å². The molecule has 0 saturated carbocycles. The van der Waals surface area contributed by atoms with Crippen molar-refractivity contribution in [3.63, 3.8) is 0 Å². The molecule has 3 heteroatoms. The average molecular weight is 218 g/mol. The van der Waals surface area contributed by atoms with E-state index in [9.17, 15) is 0 Å². The molecule has 2 atom stereocenters. The summed E-state index contributed by atoms with van der Waals surface area (Å²) in [6, 6.07) is 6.92. The Morgan fingerprint density at radius 3 is 3.12 bits per heavy atom. The lowest BCUT2D eigenvalue weighted by molar-refractivity contribution is 0.164. The summed E-state index contributed by atoms with van der Waals surface area (Å²) >= 11 is 0. The van der Waals surface area contributed by atoms with Gasteiger partial charge in [-0.2, -0.15) is 0 Å². The van der Waals surface area contributed by atoms with Gasteiger partial charge < -0.3 is 15.4 Å². The molecule has 1 aromatic carbocycles. The third-order valence-electron chi connectivity index (χ3n) is 3.75. The average Bonchev–Trinajstić information content (AvgIpc) is 2.55. The molecule has 0 spiro atoms. The highest BCUT2D eigenvalue weighted by Gasteiger charge is 2.41. The van der Waals surface area contributed by atoms with Crippen LogP contribution in [0.3, 0.4) is 0 Å². The Hall–Kier alpha value is -1.22. The summed E-state index contributed by atoms with van der Waals surface area (Å²) in [6.07, 6.45) is 0. The van der Waals surface area contributed by atoms with Crippen molar-refractivity contribution in [1.82, 2.24) is 0 Å². The lowest BCUT2D eigenvalue weighted by Gasteiger charge is -2.27. The van der Waals surface area contributed by atoms with E-state index in [1.54, 1.807) is 0 Å². The fourth-order valence-electron chi connectivity index (χ4n) is 2.52. The Kier molecular flexibility index (Phi) is 2.11. The van der Waals surface area contributed by atoms with Crippen LogP contribution in [0.15, 0.2) is 18.2 Å². The minimum Gasteiger partial charge on any atom is -0.383 e. The summed E-state index contributed by atoms with van der Waals surface area (Å²) in [4.78, 5) is 0. The van der Waals surface area contributed by atoms with Crippen molar-refractivity contribution in [2.75, 3.05) is 30.4 Å². The molecule has 2 heterocycles. The standard InChI is InChI=1S/C13H18N2O/c1-9-3-4-10-11(5-9)14-7-13(2)8-16-6-12(13)15-10/h3-5,12,14-15H,6-8H2,1-2H3. The maximum absolute atomic E-state index is 5.59. The molecule has 2 aliphatic rings. The van der Waals surface area contributed by atoms with Gasteiger partial charge in [-0.25, -0.2) is 0 Å². The molecule has 2 aliphatic heterocycles. The van der Waals surface area contributed by atoms with E-state index in [1.165, 1.54) is 16.9 Å². The quantitative estimate of drug-likeness (QED) is 0.700. The first-order valence-corrected chi connectivity index (χ1v) is 5.86. The highest BCUT2D eigenvalue weighted by Crippen LogP contribution is 2.37. The number of ether oxygens (including phenoxy) is 1. The van der Waals surface area contributed by atoms with Gasteiger partial charge in [0, 0.05) is 12.0 Å². The number of rotatable bonds is 0. The maximum Gasteiger partial charge on any atom is 0.0675 e. The summed E-state index contributed by atoms with van der Waals surface area (Å²) in [5, 5.41) is 7.14. The number of hydrogen-bond donors (Lipinski definition) is 2. The second-order valence-electron chi connectivity index (χ2n) is 5.27. The molecule has 16 heavy (non-hydrogen) atoms. The van der Waals surface area contributed by atoms with Gasteiger partial charge in [0.05, 0.1) is 30.6 Å². The highest BCUT2D eigenvalue weighted by atomic mass is 16.5. The van der Waals surface area contributed by atoms with Crippen molar-refractivity contribution in [3.8, 4) is 0 Å². The number of aryl methyl sites for hydroxylation is 1. The Morgan fingerprint density at radius 2 is 2.25 bits per heavy atom. The van der Waals surface area contributed by atoms with Gasteiger partial charge in [-0.1, -0.05) is 13.0 Å². The van der Waals surface area contributed by atoms with Crippen LogP contribution in [0.1, 0.15) is 12.5 Å². The van der Waals surface area contributed by atoms with Crippen molar-refractivity contribution in [3.05, 3.63) is 23.8 Å². The highest BCUT2D eigenvalue weighted by molar-refractivity contribution is 5.71. The summed E-state index contributed by atoms with van der Waals surface area (Å²) in [5.74, 6) is 0. The SMILES string of the molecule is Cc1ccc2c(c1)NCC1(C)COCC1N2. The normalized spacial score (nSPS) is 32.0. The molecule has 3 nitrogen and oxygen atoms in total. The molecular weight excluding hydrogens is 200 g/mol. The first kappa shape index (κ1) is 9.97. The number of benzene rings is 1. The second-order valence-corrected chi connectivity index (χ2v) is 5.27. The Bertz CT molecular complexity index is 418. The number of anilines is 2. The predicted octanol–water partition coefficient (Wildman–Crippen LogP) is 2.24. The van der Waals surface area contributed by atoms with Crippen molar-refractivity contribution >= 4 is 11.4 Å². The monoisotopic (exact) mass is 218 g/mol. The molecule has 0 aromatic heterocycles. The van der Waals surface area contributed by atoms with Gasteiger partial charge in [-0.15, -0.1) is 0 Å². The zero-order valence-electron chi connectivity index (χ0n) is 9.84. The second kappa shape index (κ2) is 3.39. The first-order chi connectivity index (χ1) is 7.67. The van der Waals surface area contributed by atoms with Gasteiger partial charge in [-0.3, -0.25) is 0 Å². The van der Waals surface area contributed by atoms with Crippen LogP contribution in [-0.4, -0.2) is 25.8 Å². The van der Waals surface area contributed by atoms with Crippen LogP contribution in [0.5, 0.6) is 0 Å². The molecular formula is C13H18N2O. The van der Waals surface area contributed by atoms with E-state index in [0.29, 0.717) is 6.04 Å². The van der Waals surface area contributed by atoms with Crippen LogP contribution in [0, 0.1) is 12.3 Å². The molecule has 0 bridgehead atoms. The molecule has 1 saturated heterocycles. The topological polar surface area (TPSA) is 33.3 Å². The summed E-state index contributed by atoms with van der Waals surface area (Å²) < 4.78 is 5.59. The van der Waals surface area contributed by atoms with Gasteiger partial charge in [0.2, 0.25) is 0 Å². The van der Waals surface area contributed by atoms with E-state index in [0.717, 1.165) is 19.8 Å². The Morgan fingerprint density at radius 1 is 1.38 bits per heavy atom. The van der Waals surface area contributed by atoms with Crippen molar-refractivity contribution in [2.45, 2.75) is 19.9 Å². The molecule has 3 rings (SSSR count). The molecule has 1 fully saturated rings. The fourth-order valence-corrected chi connectivity index (χ4v) is 2.52. The molecule has 1 aromatic rings. The number of nitrogens with one attached hydrogen (secondary N) is 2. The summed E-state index contributed by atoms with van der Waals surface area (Å²) in [6.45, 7) is 7.03. The van der Waals surface area contributed by atoms with E-state index < -0.39 is 0 Å². The third kappa shape index (κ3) is 1.47. The van der Waals surface area contributed by atoms with Crippen molar-refractivity contribution in [2.24, 2.45) is 5.41 Å². The smallest absolute Gasteiger partial charge is 0.0675 e. The number of fused-ring (bicyclic) bond motifs is 2. The Labute approximate surface area is 96.2 Å². The lowest BCUT2D eigenvalue weighted by atomic mass is 9.85. The van der Waals surface area contributed by atoms with E-state index in [2.05, 4.69) is 42.7 Å². The van der Waals surface area contributed by atoms with Crippen molar-refractivity contribution in [1.29, 1.82) is 0 Å². The third-order valence-corrected chi connectivity index (χ3v) is 3.75. The van der Waals surface area contributed by atoms with Crippen LogP contribution >= 0.6 is 0 Å². The molecule has 86 valence electrons. The predicted molar refractivity (Wildman–Crippen MR) is 66.0 cm³/mol. The van der Waals surface area contributed by atoms with Crippen LogP contribution in [0.25, 0.3) is 0 Å². The van der Waals surface area contributed by atoms with E-state index in [1.807, 2.05) is 0 Å².